The first-order valence-electron chi connectivity index (χ1n) is 10.6. The van der Waals surface area contributed by atoms with E-state index in [-0.39, 0.29) is 18.2 Å². The molecule has 160 valence electrons. The van der Waals surface area contributed by atoms with Crippen molar-refractivity contribution in [1.82, 2.24) is 14.8 Å². The first-order chi connectivity index (χ1) is 15.1. The van der Waals surface area contributed by atoms with Gasteiger partial charge in [0.1, 0.15) is 5.69 Å². The topological polar surface area (TPSA) is 87.7 Å². The fraction of sp³-hybridized carbons (Fsp3) is 0.333. The molecule has 3 aromatic rings. The van der Waals surface area contributed by atoms with Gasteiger partial charge >= 0.3 is 0 Å². The lowest BCUT2D eigenvalue weighted by Gasteiger charge is -2.46. The lowest BCUT2D eigenvalue weighted by atomic mass is 9.78. The molecule has 0 spiro atoms. The maximum Gasteiger partial charge on any atom is 0.287 e. The molecule has 0 unspecified atom stereocenters. The number of hydrogen-bond donors (Lipinski definition) is 2. The summed E-state index contributed by atoms with van der Waals surface area (Å²) in [5.41, 5.74) is 0.442. The van der Waals surface area contributed by atoms with E-state index in [1.54, 1.807) is 17.0 Å². The normalized spacial score (nSPS) is 23.5. The van der Waals surface area contributed by atoms with Crippen LogP contribution in [-0.2, 0) is 5.54 Å². The summed E-state index contributed by atoms with van der Waals surface area (Å²) in [6.45, 7) is 0.543. The highest BCUT2D eigenvalue weighted by atomic mass is 16.3. The number of benzene rings is 1. The van der Waals surface area contributed by atoms with Gasteiger partial charge in [-0.25, -0.2) is 0 Å². The predicted octanol–water partition coefficient (Wildman–Crippen LogP) is 2.95. The van der Waals surface area contributed by atoms with Crippen molar-refractivity contribution in [3.63, 3.8) is 0 Å². The van der Waals surface area contributed by atoms with Gasteiger partial charge in [-0.15, -0.1) is 0 Å². The molecular formula is C24H25N3O4. The van der Waals surface area contributed by atoms with E-state index in [9.17, 15) is 14.7 Å². The fourth-order valence-electron chi connectivity index (χ4n) is 4.49. The van der Waals surface area contributed by atoms with E-state index in [4.69, 9.17) is 4.42 Å². The maximum atomic E-state index is 13.2. The lowest BCUT2D eigenvalue weighted by molar-refractivity contribution is -0.0114. The summed E-state index contributed by atoms with van der Waals surface area (Å²) in [7, 11) is 0. The highest BCUT2D eigenvalue weighted by molar-refractivity contribution is 5.93. The molecule has 2 N–H and O–H groups in total. The molecule has 1 aliphatic heterocycles. The SMILES string of the molecule is O=C(N[C@]1(c2ccccc2)CCN(C(=O)c2cccn2C2CC2)C[C@H]1O)c1ccco1. The van der Waals surface area contributed by atoms with Crippen LogP contribution < -0.4 is 5.32 Å². The Labute approximate surface area is 180 Å². The number of β-amino-alcohol motifs (C(OH)–C–C–N with tert-alkyl or cyclic N) is 1. The number of carbonyl (C=O) groups excluding carboxylic acids is 2. The number of carbonyl (C=O) groups is 2. The summed E-state index contributed by atoms with van der Waals surface area (Å²) in [5, 5.41) is 14.3. The summed E-state index contributed by atoms with van der Waals surface area (Å²) in [5.74, 6) is -0.298. The second-order valence-electron chi connectivity index (χ2n) is 8.32. The molecule has 1 saturated carbocycles. The van der Waals surface area contributed by atoms with Crippen molar-refractivity contribution in [3.05, 3.63) is 84.1 Å². The van der Waals surface area contributed by atoms with Gasteiger partial charge in [-0.1, -0.05) is 30.3 Å². The summed E-state index contributed by atoms with van der Waals surface area (Å²) < 4.78 is 7.28. The minimum atomic E-state index is -1.01. The van der Waals surface area contributed by atoms with Gasteiger partial charge in [0.25, 0.3) is 11.8 Å². The van der Waals surface area contributed by atoms with Crippen molar-refractivity contribution in [2.24, 2.45) is 0 Å². The minimum Gasteiger partial charge on any atom is -0.459 e. The number of amides is 2. The molecule has 7 heteroatoms. The van der Waals surface area contributed by atoms with Crippen LogP contribution in [0.1, 0.15) is 51.9 Å². The first kappa shape index (κ1) is 19.6. The molecule has 2 amide bonds. The summed E-state index contributed by atoms with van der Waals surface area (Å²) in [6, 6.07) is 16.8. The first-order valence-corrected chi connectivity index (χ1v) is 10.6. The standard InChI is InChI=1S/C24H25N3O4/c28-21-16-26(23(30)19-8-4-13-27(19)18-10-11-18)14-12-24(21,17-6-2-1-3-7-17)25-22(29)20-9-5-15-31-20/h1-9,13,15,18,21,28H,10-12,14,16H2,(H,25,29)/t21-,24+/m1/s1. The highest BCUT2D eigenvalue weighted by Gasteiger charge is 2.46. The molecule has 2 atom stereocenters. The van der Waals surface area contributed by atoms with Gasteiger partial charge in [0.2, 0.25) is 0 Å². The molecule has 31 heavy (non-hydrogen) atoms. The summed E-state index contributed by atoms with van der Waals surface area (Å²) in [4.78, 5) is 27.7. The van der Waals surface area contributed by atoms with Gasteiger partial charge in [-0.2, -0.15) is 0 Å². The van der Waals surface area contributed by atoms with E-state index in [2.05, 4.69) is 5.32 Å². The number of piperidine rings is 1. The Morgan fingerprint density at radius 3 is 2.55 bits per heavy atom. The molecule has 1 aliphatic carbocycles. The van der Waals surface area contributed by atoms with Crippen molar-refractivity contribution in [2.75, 3.05) is 13.1 Å². The van der Waals surface area contributed by atoms with Gasteiger partial charge in [0.05, 0.1) is 17.9 Å². The number of likely N-dealkylation sites (tertiary alicyclic amines) is 1. The largest absolute Gasteiger partial charge is 0.459 e. The van der Waals surface area contributed by atoms with Crippen molar-refractivity contribution in [3.8, 4) is 0 Å². The van der Waals surface area contributed by atoms with Crippen LogP contribution in [0.5, 0.6) is 0 Å². The van der Waals surface area contributed by atoms with Gasteiger partial charge in [0.15, 0.2) is 5.76 Å². The van der Waals surface area contributed by atoms with Gasteiger partial charge in [0, 0.05) is 25.3 Å². The zero-order chi connectivity index (χ0) is 21.4. The van der Waals surface area contributed by atoms with Crippen molar-refractivity contribution in [2.45, 2.75) is 36.9 Å². The smallest absolute Gasteiger partial charge is 0.287 e. The second kappa shape index (κ2) is 7.74. The number of aromatic nitrogens is 1. The third kappa shape index (κ3) is 3.55. The van der Waals surface area contributed by atoms with E-state index < -0.39 is 17.6 Å². The predicted molar refractivity (Wildman–Crippen MR) is 114 cm³/mol. The van der Waals surface area contributed by atoms with E-state index in [0.29, 0.717) is 24.7 Å². The van der Waals surface area contributed by atoms with E-state index in [1.165, 1.54) is 6.26 Å². The highest BCUT2D eigenvalue weighted by Crippen LogP contribution is 2.37. The zero-order valence-corrected chi connectivity index (χ0v) is 17.1. The number of aliphatic hydroxyl groups excluding tert-OH is 1. The third-order valence-corrected chi connectivity index (χ3v) is 6.33. The van der Waals surface area contributed by atoms with Crippen LogP contribution in [0.2, 0.25) is 0 Å². The number of rotatable bonds is 5. The van der Waals surface area contributed by atoms with Crippen LogP contribution in [0.25, 0.3) is 0 Å². The zero-order valence-electron chi connectivity index (χ0n) is 17.1. The fourth-order valence-corrected chi connectivity index (χ4v) is 4.49. The molecule has 1 aromatic carbocycles. The monoisotopic (exact) mass is 419 g/mol. The minimum absolute atomic E-state index is 0.0880. The van der Waals surface area contributed by atoms with Crippen molar-refractivity contribution >= 4 is 11.8 Å². The molecule has 7 nitrogen and oxygen atoms in total. The molecule has 3 heterocycles. The van der Waals surface area contributed by atoms with Crippen LogP contribution in [-0.4, -0.2) is 45.6 Å². The molecule has 0 bridgehead atoms. The molecule has 0 radical (unpaired) electrons. The molecular weight excluding hydrogens is 394 g/mol. The van der Waals surface area contributed by atoms with Crippen LogP contribution in [0.3, 0.4) is 0 Å². The number of aliphatic hydroxyl groups is 1. The van der Waals surface area contributed by atoms with E-state index in [1.807, 2.05) is 53.2 Å². The van der Waals surface area contributed by atoms with Gasteiger partial charge < -0.3 is 24.3 Å². The Bertz CT molecular complexity index is 1070. The average Bonchev–Trinajstić information content (AvgIpc) is 3.27. The summed E-state index contributed by atoms with van der Waals surface area (Å²) in [6.07, 6.45) is 4.98. The van der Waals surface area contributed by atoms with Crippen LogP contribution in [0.4, 0.5) is 0 Å². The number of nitrogens with one attached hydrogen (secondary N) is 1. The molecule has 5 rings (SSSR count). The Hall–Kier alpha value is -3.32. The summed E-state index contributed by atoms with van der Waals surface area (Å²) >= 11 is 0. The van der Waals surface area contributed by atoms with Crippen LogP contribution in [0.15, 0.2) is 71.5 Å². The molecule has 2 fully saturated rings. The van der Waals surface area contributed by atoms with Crippen molar-refractivity contribution in [1.29, 1.82) is 0 Å². The molecule has 1 saturated heterocycles. The van der Waals surface area contributed by atoms with Crippen LogP contribution >= 0.6 is 0 Å². The Morgan fingerprint density at radius 1 is 1.06 bits per heavy atom. The van der Waals surface area contributed by atoms with E-state index in [0.717, 1.165) is 18.4 Å². The Morgan fingerprint density at radius 2 is 1.87 bits per heavy atom. The average molecular weight is 419 g/mol. The Balaban J connectivity index is 1.41. The second-order valence-corrected chi connectivity index (χ2v) is 8.32. The lowest BCUT2D eigenvalue weighted by Crippen LogP contribution is -2.62. The molecule has 2 aromatic heterocycles. The maximum absolute atomic E-state index is 13.2. The molecule has 2 aliphatic rings. The number of hydrogen-bond acceptors (Lipinski definition) is 4. The van der Waals surface area contributed by atoms with Gasteiger partial charge in [-0.05, 0) is 49.1 Å². The van der Waals surface area contributed by atoms with Crippen LogP contribution in [0, 0.1) is 0 Å². The Kier molecular flexibility index (Phi) is 4.90. The quantitative estimate of drug-likeness (QED) is 0.666. The van der Waals surface area contributed by atoms with E-state index >= 15 is 0 Å². The number of furan rings is 1. The number of nitrogens with zero attached hydrogens (tertiary/aromatic N) is 2. The third-order valence-electron chi connectivity index (χ3n) is 6.33. The van der Waals surface area contributed by atoms with Crippen molar-refractivity contribution < 1.29 is 19.1 Å². The van der Waals surface area contributed by atoms with Gasteiger partial charge in [-0.3, -0.25) is 9.59 Å².